The molecule has 1 amide bonds. The van der Waals surface area contributed by atoms with Crippen LogP contribution < -0.4 is 11.1 Å². The van der Waals surface area contributed by atoms with Crippen molar-refractivity contribution in [1.82, 2.24) is 15.5 Å². The second-order valence-electron chi connectivity index (χ2n) is 4.60. The summed E-state index contributed by atoms with van der Waals surface area (Å²) < 4.78 is 0. The van der Waals surface area contributed by atoms with Crippen molar-refractivity contribution in [3.05, 3.63) is 11.8 Å². The molecule has 0 aromatic carbocycles. The van der Waals surface area contributed by atoms with E-state index in [4.69, 9.17) is 5.73 Å². The molecule has 1 fully saturated rings. The third-order valence-electron chi connectivity index (χ3n) is 3.63. The maximum Gasteiger partial charge on any atom is 0.269 e. The number of H-pyrrole nitrogens is 1. The third-order valence-corrected chi connectivity index (χ3v) is 3.63. The summed E-state index contributed by atoms with van der Waals surface area (Å²) in [5.74, 6) is 0.225. The number of hydrogen-bond acceptors (Lipinski definition) is 3. The Morgan fingerprint density at radius 1 is 1.69 bits per heavy atom. The summed E-state index contributed by atoms with van der Waals surface area (Å²) in [6.45, 7) is 2.93. The van der Waals surface area contributed by atoms with Gasteiger partial charge >= 0.3 is 0 Å². The lowest BCUT2D eigenvalue weighted by Crippen LogP contribution is -2.41. The highest BCUT2D eigenvalue weighted by molar-refractivity contribution is 5.92. The zero-order chi connectivity index (χ0) is 11.6. The first kappa shape index (κ1) is 11.0. The van der Waals surface area contributed by atoms with Crippen molar-refractivity contribution in [2.75, 3.05) is 12.3 Å². The van der Waals surface area contributed by atoms with Gasteiger partial charge in [-0.25, -0.2) is 0 Å². The Hall–Kier alpha value is -1.52. The molecule has 1 aromatic rings. The number of nitrogens with zero attached hydrogens (tertiary/aromatic N) is 1. The summed E-state index contributed by atoms with van der Waals surface area (Å²) in [6, 6.07) is 1.55. The summed E-state index contributed by atoms with van der Waals surface area (Å²) in [5.41, 5.74) is 6.21. The van der Waals surface area contributed by atoms with Crippen LogP contribution in [0.25, 0.3) is 0 Å². The summed E-state index contributed by atoms with van der Waals surface area (Å²) in [7, 11) is 0. The molecule has 1 heterocycles. The molecule has 1 aliphatic rings. The molecular formula is C11H18N4O. The molecule has 0 unspecified atom stereocenters. The number of hydrogen-bond donors (Lipinski definition) is 3. The fourth-order valence-corrected chi connectivity index (χ4v) is 2.15. The Labute approximate surface area is 94.8 Å². The van der Waals surface area contributed by atoms with Gasteiger partial charge in [-0.15, -0.1) is 0 Å². The fourth-order valence-electron chi connectivity index (χ4n) is 2.15. The van der Waals surface area contributed by atoms with E-state index in [9.17, 15) is 4.79 Å². The number of carbonyl (C=O) groups excluding carboxylic acids is 1. The number of rotatable bonds is 4. The molecule has 2 rings (SSSR count). The summed E-state index contributed by atoms with van der Waals surface area (Å²) >= 11 is 0. The van der Waals surface area contributed by atoms with Crippen LogP contribution in [0.1, 0.15) is 43.1 Å². The maximum atomic E-state index is 11.7. The fraction of sp³-hybridized carbons (Fsp3) is 0.636. The van der Waals surface area contributed by atoms with Crippen LogP contribution in [0.15, 0.2) is 6.07 Å². The second-order valence-corrected chi connectivity index (χ2v) is 4.60. The first-order chi connectivity index (χ1) is 7.65. The zero-order valence-electron chi connectivity index (χ0n) is 9.55. The van der Waals surface area contributed by atoms with E-state index < -0.39 is 0 Å². The molecule has 5 nitrogen and oxygen atoms in total. The van der Waals surface area contributed by atoms with E-state index in [1.165, 1.54) is 19.3 Å². The van der Waals surface area contributed by atoms with Gasteiger partial charge < -0.3 is 11.1 Å². The predicted octanol–water partition coefficient (Wildman–Crippen LogP) is 1.30. The van der Waals surface area contributed by atoms with E-state index >= 15 is 0 Å². The Morgan fingerprint density at radius 3 is 2.88 bits per heavy atom. The lowest BCUT2D eigenvalue weighted by molar-refractivity contribution is 0.0845. The Kier molecular flexibility index (Phi) is 2.85. The van der Waals surface area contributed by atoms with Crippen molar-refractivity contribution in [3.8, 4) is 0 Å². The van der Waals surface area contributed by atoms with Crippen LogP contribution in [0.5, 0.6) is 0 Å². The van der Waals surface area contributed by atoms with Gasteiger partial charge in [-0.2, -0.15) is 5.10 Å². The summed E-state index contributed by atoms with van der Waals surface area (Å²) in [5, 5.41) is 9.28. The normalized spacial score (nSPS) is 17.8. The molecule has 1 saturated carbocycles. The second kappa shape index (κ2) is 4.15. The van der Waals surface area contributed by atoms with Gasteiger partial charge in [0.05, 0.1) is 0 Å². The molecule has 1 aliphatic carbocycles. The van der Waals surface area contributed by atoms with E-state index in [0.717, 1.165) is 13.0 Å². The average Bonchev–Trinajstić information content (AvgIpc) is 2.64. The Morgan fingerprint density at radius 2 is 2.44 bits per heavy atom. The number of anilines is 1. The summed E-state index contributed by atoms with van der Waals surface area (Å²) in [6.07, 6.45) is 4.84. The van der Waals surface area contributed by atoms with Crippen LogP contribution in [0.4, 0.5) is 5.82 Å². The van der Waals surface area contributed by atoms with Crippen molar-refractivity contribution in [1.29, 1.82) is 0 Å². The quantitative estimate of drug-likeness (QED) is 0.718. The first-order valence-corrected chi connectivity index (χ1v) is 5.74. The molecule has 16 heavy (non-hydrogen) atoms. The minimum atomic E-state index is -0.121. The van der Waals surface area contributed by atoms with Crippen molar-refractivity contribution in [2.24, 2.45) is 5.41 Å². The highest BCUT2D eigenvalue weighted by atomic mass is 16.1. The van der Waals surface area contributed by atoms with E-state index in [1.54, 1.807) is 6.07 Å². The monoisotopic (exact) mass is 222 g/mol. The molecule has 0 saturated heterocycles. The molecular weight excluding hydrogens is 204 g/mol. The topological polar surface area (TPSA) is 83.8 Å². The molecule has 88 valence electrons. The zero-order valence-corrected chi connectivity index (χ0v) is 9.55. The number of nitrogens with one attached hydrogen (secondary N) is 2. The van der Waals surface area contributed by atoms with Gasteiger partial charge in [-0.05, 0) is 24.7 Å². The van der Waals surface area contributed by atoms with Gasteiger partial charge in [0.25, 0.3) is 5.91 Å². The van der Waals surface area contributed by atoms with Crippen LogP contribution in [0.3, 0.4) is 0 Å². The van der Waals surface area contributed by atoms with E-state index in [1.807, 2.05) is 0 Å². The maximum absolute atomic E-state index is 11.7. The van der Waals surface area contributed by atoms with Crippen LogP contribution in [-0.2, 0) is 0 Å². The minimum Gasteiger partial charge on any atom is -0.382 e. The van der Waals surface area contributed by atoms with Gasteiger partial charge in [-0.1, -0.05) is 13.3 Å². The van der Waals surface area contributed by atoms with Gasteiger partial charge in [-0.3, -0.25) is 9.89 Å². The van der Waals surface area contributed by atoms with Crippen LogP contribution in [-0.4, -0.2) is 22.6 Å². The van der Waals surface area contributed by atoms with Crippen molar-refractivity contribution >= 4 is 11.7 Å². The molecule has 1 aromatic heterocycles. The van der Waals surface area contributed by atoms with Gasteiger partial charge in [0.1, 0.15) is 11.5 Å². The van der Waals surface area contributed by atoms with Crippen molar-refractivity contribution in [3.63, 3.8) is 0 Å². The lowest BCUT2D eigenvalue weighted by atomic mass is 9.67. The highest BCUT2D eigenvalue weighted by Crippen LogP contribution is 2.43. The smallest absolute Gasteiger partial charge is 0.269 e. The molecule has 0 spiro atoms. The van der Waals surface area contributed by atoms with Gasteiger partial charge in [0.15, 0.2) is 0 Å². The molecule has 0 radical (unpaired) electrons. The molecule has 0 atom stereocenters. The van der Waals surface area contributed by atoms with E-state index in [-0.39, 0.29) is 5.91 Å². The number of nitrogen functional groups attached to an aromatic ring is 1. The number of aromatic amines is 1. The van der Waals surface area contributed by atoms with Crippen molar-refractivity contribution in [2.45, 2.75) is 32.6 Å². The minimum absolute atomic E-state index is 0.121. The van der Waals surface area contributed by atoms with Crippen LogP contribution in [0, 0.1) is 5.41 Å². The number of aromatic nitrogens is 2. The Balaban J connectivity index is 1.88. The Bertz CT molecular complexity index is 376. The number of amides is 1. The van der Waals surface area contributed by atoms with Gasteiger partial charge in [0, 0.05) is 12.6 Å². The predicted molar refractivity (Wildman–Crippen MR) is 61.9 cm³/mol. The molecule has 5 heteroatoms. The third kappa shape index (κ3) is 2.03. The first-order valence-electron chi connectivity index (χ1n) is 5.74. The standard InChI is InChI=1S/C11H18N4O/c1-2-11(4-3-5-11)7-13-10(16)8-6-9(12)15-14-8/h6H,2-5,7H2,1H3,(H,13,16)(H3,12,14,15). The molecule has 0 bridgehead atoms. The SMILES string of the molecule is CCC1(CNC(=O)c2cc(N)n[nH]2)CCC1. The van der Waals surface area contributed by atoms with Crippen LogP contribution in [0.2, 0.25) is 0 Å². The molecule has 4 N–H and O–H groups in total. The van der Waals surface area contributed by atoms with Crippen LogP contribution >= 0.6 is 0 Å². The average molecular weight is 222 g/mol. The molecule has 0 aliphatic heterocycles. The largest absolute Gasteiger partial charge is 0.382 e. The number of nitrogens with two attached hydrogens (primary N) is 1. The lowest BCUT2D eigenvalue weighted by Gasteiger charge is -2.41. The summed E-state index contributed by atoms with van der Waals surface area (Å²) in [4.78, 5) is 11.7. The van der Waals surface area contributed by atoms with Crippen molar-refractivity contribution < 1.29 is 4.79 Å². The van der Waals surface area contributed by atoms with Gasteiger partial charge in [0.2, 0.25) is 0 Å². The van der Waals surface area contributed by atoms with E-state index in [2.05, 4.69) is 22.4 Å². The number of carbonyl (C=O) groups is 1. The highest BCUT2D eigenvalue weighted by Gasteiger charge is 2.35. The van der Waals surface area contributed by atoms with E-state index in [0.29, 0.717) is 16.9 Å².